The molecule has 5 nitrogen and oxygen atoms in total. The van der Waals surface area contributed by atoms with Crippen molar-refractivity contribution in [3.63, 3.8) is 0 Å². The number of rotatable bonds is 3. The van der Waals surface area contributed by atoms with E-state index >= 15 is 0 Å². The predicted octanol–water partition coefficient (Wildman–Crippen LogP) is 1.09. The van der Waals surface area contributed by atoms with Gasteiger partial charge >= 0.3 is 0 Å². The second-order valence-corrected chi connectivity index (χ2v) is 3.83. The van der Waals surface area contributed by atoms with Crippen LogP contribution in [0.15, 0.2) is 29.1 Å². The molecule has 6 heteroatoms. The maximum Gasteiger partial charge on any atom is 0.248 e. The van der Waals surface area contributed by atoms with Gasteiger partial charge in [0.1, 0.15) is 11.9 Å². The number of aromatic amines is 1. The summed E-state index contributed by atoms with van der Waals surface area (Å²) in [5.74, 6) is 0.0105. The lowest BCUT2D eigenvalue weighted by atomic mass is 10.0. The van der Waals surface area contributed by atoms with Crippen molar-refractivity contribution in [2.45, 2.75) is 6.10 Å². The van der Waals surface area contributed by atoms with Crippen molar-refractivity contribution < 1.29 is 9.29 Å². The normalized spacial score (nSPS) is 12.8. The van der Waals surface area contributed by atoms with Crippen LogP contribution in [0.5, 0.6) is 5.75 Å². The van der Waals surface area contributed by atoms with Gasteiger partial charge in [0, 0.05) is 18.0 Å². The van der Waals surface area contributed by atoms with E-state index in [1.807, 2.05) is 0 Å². The maximum absolute atomic E-state index is 11.2. The first-order valence-corrected chi connectivity index (χ1v) is 5.39. The molecular weight excluding hydrogens is 240 g/mol. The third-order valence-corrected chi connectivity index (χ3v) is 2.85. The van der Waals surface area contributed by atoms with E-state index in [-0.39, 0.29) is 17.9 Å². The number of pyridine rings is 1. The molecule has 0 fully saturated rings. The SMILES string of the molecule is NC[C@H](OS)c1ccc(O)c2[nH]c(=O)ccc12. The molecule has 0 aliphatic rings. The van der Waals surface area contributed by atoms with E-state index in [4.69, 9.17) is 9.92 Å². The standard InChI is InChI=1S/C11H12N2O3S/c12-5-9(16-17)6-1-3-8(14)11-7(6)2-4-10(15)13-11/h1-4,9,14,17H,5,12H2,(H,13,15)/t9-/m0/s1. The number of nitrogens with two attached hydrogens (primary N) is 1. The highest BCUT2D eigenvalue weighted by atomic mass is 32.1. The molecule has 0 aliphatic heterocycles. The number of hydrogen-bond donors (Lipinski definition) is 4. The molecule has 0 bridgehead atoms. The number of thiol groups is 1. The summed E-state index contributed by atoms with van der Waals surface area (Å²) in [6.45, 7) is 0.252. The quantitative estimate of drug-likeness (QED) is 0.486. The van der Waals surface area contributed by atoms with Crippen LogP contribution in [0.25, 0.3) is 10.9 Å². The van der Waals surface area contributed by atoms with E-state index < -0.39 is 6.10 Å². The maximum atomic E-state index is 11.2. The van der Waals surface area contributed by atoms with Crippen molar-refractivity contribution in [2.24, 2.45) is 5.73 Å². The summed E-state index contributed by atoms with van der Waals surface area (Å²) in [5, 5.41) is 10.4. The minimum atomic E-state index is -0.396. The van der Waals surface area contributed by atoms with Crippen molar-refractivity contribution >= 4 is 23.8 Å². The number of H-pyrrole nitrogens is 1. The molecule has 0 unspecified atom stereocenters. The highest BCUT2D eigenvalue weighted by Gasteiger charge is 2.14. The van der Waals surface area contributed by atoms with Crippen LogP contribution in [0.4, 0.5) is 0 Å². The van der Waals surface area contributed by atoms with Crippen molar-refractivity contribution in [2.75, 3.05) is 6.54 Å². The Hall–Kier alpha value is -1.50. The molecule has 0 spiro atoms. The molecule has 90 valence electrons. The highest BCUT2D eigenvalue weighted by molar-refractivity contribution is 7.75. The topological polar surface area (TPSA) is 88.3 Å². The largest absolute Gasteiger partial charge is 0.506 e. The molecule has 0 saturated carbocycles. The molecule has 0 saturated heterocycles. The lowest BCUT2D eigenvalue weighted by Crippen LogP contribution is -2.13. The van der Waals surface area contributed by atoms with Gasteiger partial charge in [-0.25, -0.2) is 0 Å². The van der Waals surface area contributed by atoms with E-state index in [1.165, 1.54) is 12.1 Å². The van der Waals surface area contributed by atoms with Gasteiger partial charge in [0.05, 0.1) is 5.52 Å². The van der Waals surface area contributed by atoms with Crippen molar-refractivity contribution in [1.82, 2.24) is 4.98 Å². The fraction of sp³-hybridized carbons (Fsp3) is 0.182. The molecule has 0 aliphatic carbocycles. The van der Waals surface area contributed by atoms with E-state index in [2.05, 4.69) is 17.9 Å². The average Bonchev–Trinajstić information content (AvgIpc) is 2.34. The second kappa shape index (κ2) is 4.79. The van der Waals surface area contributed by atoms with Gasteiger partial charge in [0.25, 0.3) is 0 Å². The molecule has 0 radical (unpaired) electrons. The molecule has 1 atom stereocenters. The number of nitrogens with one attached hydrogen (secondary N) is 1. The number of hydrogen-bond acceptors (Lipinski definition) is 5. The number of phenolic OH excluding ortho intramolecular Hbond substituents is 1. The van der Waals surface area contributed by atoms with Crippen LogP contribution in [0.2, 0.25) is 0 Å². The van der Waals surface area contributed by atoms with Crippen LogP contribution in [0.1, 0.15) is 11.7 Å². The summed E-state index contributed by atoms with van der Waals surface area (Å²) < 4.78 is 4.96. The fourth-order valence-corrected chi connectivity index (χ4v) is 1.97. The van der Waals surface area contributed by atoms with Crippen LogP contribution in [-0.2, 0) is 4.18 Å². The molecule has 2 rings (SSSR count). The summed E-state index contributed by atoms with van der Waals surface area (Å²) >= 11 is 3.76. The number of phenols is 1. The Bertz CT molecular complexity index is 593. The van der Waals surface area contributed by atoms with Crippen LogP contribution in [0.3, 0.4) is 0 Å². The minimum Gasteiger partial charge on any atom is -0.506 e. The molecule has 1 aromatic carbocycles. The molecular formula is C11H12N2O3S. The van der Waals surface area contributed by atoms with Crippen LogP contribution >= 0.6 is 12.9 Å². The first-order valence-electron chi connectivity index (χ1n) is 5.02. The predicted molar refractivity (Wildman–Crippen MR) is 68.1 cm³/mol. The van der Waals surface area contributed by atoms with Crippen molar-refractivity contribution in [1.29, 1.82) is 0 Å². The Labute approximate surface area is 103 Å². The van der Waals surface area contributed by atoms with Gasteiger partial charge in [0.2, 0.25) is 5.56 Å². The molecule has 2 aromatic rings. The fourth-order valence-electron chi connectivity index (χ4n) is 1.77. The summed E-state index contributed by atoms with van der Waals surface area (Å²) in [6, 6.07) is 6.20. The Morgan fingerprint density at radius 2 is 2.18 bits per heavy atom. The first kappa shape index (κ1) is 12.0. The van der Waals surface area contributed by atoms with E-state index in [9.17, 15) is 9.90 Å². The van der Waals surface area contributed by atoms with Gasteiger partial charge in [-0.2, -0.15) is 0 Å². The number of fused-ring (bicyclic) bond motifs is 1. The Balaban J connectivity index is 2.74. The second-order valence-electron chi connectivity index (χ2n) is 3.61. The Kier molecular flexibility index (Phi) is 3.37. The lowest BCUT2D eigenvalue weighted by Gasteiger charge is -2.15. The van der Waals surface area contributed by atoms with Gasteiger partial charge in [-0.1, -0.05) is 6.07 Å². The van der Waals surface area contributed by atoms with Gasteiger partial charge in [-0.15, -0.1) is 0 Å². The molecule has 4 N–H and O–H groups in total. The summed E-state index contributed by atoms with van der Waals surface area (Å²) in [4.78, 5) is 13.8. The summed E-state index contributed by atoms with van der Waals surface area (Å²) in [6.07, 6.45) is -0.396. The van der Waals surface area contributed by atoms with Gasteiger partial charge in [0.15, 0.2) is 0 Å². The van der Waals surface area contributed by atoms with E-state index in [0.29, 0.717) is 10.9 Å². The van der Waals surface area contributed by atoms with Gasteiger partial charge in [-0.05, 0) is 30.6 Å². The van der Waals surface area contributed by atoms with E-state index in [1.54, 1.807) is 12.1 Å². The zero-order chi connectivity index (χ0) is 12.4. The third kappa shape index (κ3) is 2.14. The summed E-state index contributed by atoms with van der Waals surface area (Å²) in [5.41, 5.74) is 6.43. The van der Waals surface area contributed by atoms with E-state index in [0.717, 1.165) is 5.56 Å². The number of aromatic nitrogens is 1. The van der Waals surface area contributed by atoms with Crippen LogP contribution < -0.4 is 11.3 Å². The highest BCUT2D eigenvalue weighted by Crippen LogP contribution is 2.30. The van der Waals surface area contributed by atoms with Crippen molar-refractivity contribution in [3.8, 4) is 5.75 Å². The third-order valence-electron chi connectivity index (χ3n) is 2.60. The Morgan fingerprint density at radius 1 is 1.41 bits per heavy atom. The lowest BCUT2D eigenvalue weighted by molar-refractivity contribution is 0.265. The van der Waals surface area contributed by atoms with Gasteiger partial charge < -0.3 is 20.0 Å². The number of aromatic hydroxyl groups is 1. The minimum absolute atomic E-state index is 0.0105. The van der Waals surface area contributed by atoms with Crippen LogP contribution in [0, 0.1) is 0 Å². The molecule has 1 heterocycles. The molecule has 0 amide bonds. The first-order chi connectivity index (χ1) is 8.17. The average molecular weight is 252 g/mol. The van der Waals surface area contributed by atoms with Gasteiger partial charge in [-0.3, -0.25) is 4.79 Å². The zero-order valence-electron chi connectivity index (χ0n) is 8.88. The molecule has 17 heavy (non-hydrogen) atoms. The van der Waals surface area contributed by atoms with Crippen molar-refractivity contribution in [3.05, 3.63) is 40.2 Å². The number of benzene rings is 1. The zero-order valence-corrected chi connectivity index (χ0v) is 9.78. The smallest absolute Gasteiger partial charge is 0.248 e. The monoisotopic (exact) mass is 252 g/mol. The van der Waals surface area contributed by atoms with Crippen LogP contribution in [-0.4, -0.2) is 16.6 Å². The Morgan fingerprint density at radius 3 is 2.82 bits per heavy atom. The summed E-state index contributed by atoms with van der Waals surface area (Å²) in [7, 11) is 0. The molecule has 1 aromatic heterocycles.